The largest absolute Gasteiger partial charge is 0.394 e. The summed E-state index contributed by atoms with van der Waals surface area (Å²) in [5.74, 6) is -1.19. The molecule has 0 aromatic heterocycles. The lowest BCUT2D eigenvalue weighted by Gasteiger charge is -2.58. The number of thiol groups is 1. The van der Waals surface area contributed by atoms with Gasteiger partial charge in [-0.25, -0.2) is 0 Å². The fourth-order valence-electron chi connectivity index (χ4n) is 3.21. The van der Waals surface area contributed by atoms with Crippen LogP contribution in [0, 0.1) is 0 Å². The Hall–Kier alpha value is -1.32. The average molecular weight is 330 g/mol. The predicted molar refractivity (Wildman–Crippen MR) is 81.9 cm³/mol. The van der Waals surface area contributed by atoms with E-state index in [2.05, 4.69) is 12.6 Å². The number of piperidine rings is 1. The average Bonchev–Trinajstić information content (AvgIpc) is 2.53. The highest BCUT2D eigenvalue weighted by atomic mass is 32.1. The van der Waals surface area contributed by atoms with Crippen molar-refractivity contribution in [2.75, 3.05) is 25.4 Å². The van der Waals surface area contributed by atoms with Gasteiger partial charge < -0.3 is 26.4 Å². The van der Waals surface area contributed by atoms with E-state index < -0.39 is 36.0 Å². The van der Waals surface area contributed by atoms with Crippen molar-refractivity contribution in [1.82, 2.24) is 9.80 Å². The van der Waals surface area contributed by atoms with Gasteiger partial charge in [0.2, 0.25) is 11.8 Å². The molecule has 3 atom stereocenters. The summed E-state index contributed by atoms with van der Waals surface area (Å²) in [7, 11) is 0. The van der Waals surface area contributed by atoms with Gasteiger partial charge in [-0.05, 0) is 19.3 Å². The lowest BCUT2D eigenvalue weighted by atomic mass is 9.77. The number of primary amides is 1. The first kappa shape index (κ1) is 17.0. The number of hydrogen-bond donors (Lipinski definition) is 4. The second-order valence-electron chi connectivity index (χ2n) is 5.80. The third kappa shape index (κ3) is 2.57. The van der Waals surface area contributed by atoms with Crippen LogP contribution < -0.4 is 11.5 Å². The van der Waals surface area contributed by atoms with Gasteiger partial charge in [0.25, 0.3) is 5.91 Å². The number of aliphatic hydroxyl groups is 1. The highest BCUT2D eigenvalue weighted by Crippen LogP contribution is 2.39. The zero-order valence-electron chi connectivity index (χ0n) is 12.3. The topological polar surface area (TPSA) is 130 Å². The number of nitrogens with zero attached hydrogens (tertiary/aromatic N) is 2. The predicted octanol–water partition coefficient (Wildman–Crippen LogP) is -2.32. The number of carbonyl (C=O) groups excluding carboxylic acids is 3. The van der Waals surface area contributed by atoms with Crippen molar-refractivity contribution in [3.63, 3.8) is 0 Å². The summed E-state index contributed by atoms with van der Waals surface area (Å²) in [5, 5.41) is 9.07. The molecule has 9 heteroatoms. The number of carbonyl (C=O) groups is 3. The third-order valence-electron chi connectivity index (χ3n) is 4.49. The second-order valence-corrected chi connectivity index (χ2v) is 6.17. The molecular formula is C13H22N4O4S. The fourth-order valence-corrected chi connectivity index (χ4v) is 3.59. The van der Waals surface area contributed by atoms with Crippen molar-refractivity contribution in [3.05, 3.63) is 0 Å². The molecular weight excluding hydrogens is 308 g/mol. The molecule has 0 bridgehead atoms. The molecule has 22 heavy (non-hydrogen) atoms. The monoisotopic (exact) mass is 330 g/mol. The van der Waals surface area contributed by atoms with Crippen LogP contribution in [0.15, 0.2) is 0 Å². The van der Waals surface area contributed by atoms with Crippen LogP contribution in [0.25, 0.3) is 0 Å². The number of β-lactam (4-membered cyclic amide) rings is 1. The van der Waals surface area contributed by atoms with Crippen LogP contribution >= 0.6 is 12.6 Å². The van der Waals surface area contributed by atoms with Gasteiger partial charge in [-0.15, -0.1) is 0 Å². The smallest absolute Gasteiger partial charge is 0.251 e. The molecule has 2 saturated heterocycles. The van der Waals surface area contributed by atoms with Gasteiger partial charge in [0.15, 0.2) is 0 Å². The summed E-state index contributed by atoms with van der Waals surface area (Å²) >= 11 is 4.06. The number of amides is 3. The van der Waals surface area contributed by atoms with E-state index in [0.717, 1.165) is 12.8 Å². The number of hydrogen-bond acceptors (Lipinski definition) is 6. The van der Waals surface area contributed by atoms with Crippen LogP contribution in [-0.4, -0.2) is 75.7 Å². The van der Waals surface area contributed by atoms with Gasteiger partial charge in [0.05, 0.1) is 13.2 Å². The van der Waals surface area contributed by atoms with E-state index in [0.29, 0.717) is 13.0 Å². The molecule has 0 saturated carbocycles. The molecule has 2 heterocycles. The maximum atomic E-state index is 12.7. The van der Waals surface area contributed by atoms with Crippen LogP contribution in [0.3, 0.4) is 0 Å². The number of nitrogens with two attached hydrogens (primary N) is 2. The summed E-state index contributed by atoms with van der Waals surface area (Å²) in [6, 6.07) is -1.81. The Balaban J connectivity index is 2.20. The van der Waals surface area contributed by atoms with Gasteiger partial charge in [-0.2, -0.15) is 12.6 Å². The van der Waals surface area contributed by atoms with Crippen LogP contribution in [0.5, 0.6) is 0 Å². The minimum atomic E-state index is -1.03. The van der Waals surface area contributed by atoms with Crippen LogP contribution in [0.4, 0.5) is 0 Å². The molecule has 5 N–H and O–H groups in total. The molecule has 2 unspecified atom stereocenters. The zero-order valence-corrected chi connectivity index (χ0v) is 13.2. The summed E-state index contributed by atoms with van der Waals surface area (Å²) in [6.45, 7) is 0.210. The van der Waals surface area contributed by atoms with E-state index in [1.807, 2.05) is 0 Å². The number of rotatable bonds is 5. The van der Waals surface area contributed by atoms with Gasteiger partial charge in [0.1, 0.15) is 17.6 Å². The van der Waals surface area contributed by atoms with Crippen molar-refractivity contribution in [3.8, 4) is 0 Å². The highest BCUT2D eigenvalue weighted by molar-refractivity contribution is 7.80. The van der Waals surface area contributed by atoms with Crippen molar-refractivity contribution < 1.29 is 19.5 Å². The summed E-state index contributed by atoms with van der Waals surface area (Å²) < 4.78 is 0. The number of likely N-dealkylation sites (tertiary alicyclic amines) is 2. The number of aliphatic hydroxyl groups excluding tert-OH is 1. The molecule has 0 aliphatic carbocycles. The molecule has 1 spiro atoms. The Labute approximate surface area is 134 Å². The molecule has 124 valence electrons. The molecule has 8 nitrogen and oxygen atoms in total. The van der Waals surface area contributed by atoms with Crippen molar-refractivity contribution >= 4 is 30.4 Å². The minimum absolute atomic E-state index is 0.140. The molecule has 2 fully saturated rings. The maximum Gasteiger partial charge on any atom is 0.251 e. The Bertz CT molecular complexity index is 489. The van der Waals surface area contributed by atoms with E-state index in [1.54, 1.807) is 0 Å². The highest BCUT2D eigenvalue weighted by Gasteiger charge is 2.60. The second kappa shape index (κ2) is 6.43. The first-order valence-corrected chi connectivity index (χ1v) is 7.91. The van der Waals surface area contributed by atoms with Gasteiger partial charge in [-0.1, -0.05) is 0 Å². The lowest BCUT2D eigenvalue weighted by molar-refractivity contribution is -0.180. The van der Waals surface area contributed by atoms with Gasteiger partial charge in [-0.3, -0.25) is 14.4 Å². The van der Waals surface area contributed by atoms with Gasteiger partial charge in [0, 0.05) is 12.3 Å². The minimum Gasteiger partial charge on any atom is -0.394 e. The van der Waals surface area contributed by atoms with Crippen LogP contribution in [0.2, 0.25) is 0 Å². The molecule has 2 aliphatic rings. The van der Waals surface area contributed by atoms with E-state index in [-0.39, 0.29) is 18.2 Å². The van der Waals surface area contributed by atoms with Crippen molar-refractivity contribution in [1.29, 1.82) is 0 Å². The van der Waals surface area contributed by atoms with Crippen molar-refractivity contribution in [2.24, 2.45) is 11.5 Å². The summed E-state index contributed by atoms with van der Waals surface area (Å²) in [5.41, 5.74) is 9.95. The lowest BCUT2D eigenvalue weighted by Crippen LogP contribution is -2.79. The quantitative estimate of drug-likeness (QED) is 0.332. The van der Waals surface area contributed by atoms with Crippen LogP contribution in [-0.2, 0) is 14.4 Å². The summed E-state index contributed by atoms with van der Waals surface area (Å²) in [4.78, 5) is 39.2. The Morgan fingerprint density at radius 2 is 2.09 bits per heavy atom. The molecule has 0 aromatic rings. The van der Waals surface area contributed by atoms with E-state index in [1.165, 1.54) is 9.80 Å². The normalized spacial score (nSPS) is 27.5. The molecule has 0 aromatic carbocycles. The first-order valence-electron chi connectivity index (χ1n) is 7.28. The van der Waals surface area contributed by atoms with E-state index >= 15 is 0 Å². The Kier molecular flexibility index (Phi) is 4.98. The van der Waals surface area contributed by atoms with E-state index in [4.69, 9.17) is 16.6 Å². The Morgan fingerprint density at radius 3 is 2.59 bits per heavy atom. The van der Waals surface area contributed by atoms with Crippen molar-refractivity contribution in [2.45, 2.75) is 36.9 Å². The summed E-state index contributed by atoms with van der Waals surface area (Å²) in [6.07, 6.45) is 2.13. The fraction of sp³-hybridized carbons (Fsp3) is 0.769. The molecule has 0 radical (unpaired) electrons. The zero-order chi connectivity index (χ0) is 16.5. The third-order valence-corrected chi connectivity index (χ3v) is 4.83. The van der Waals surface area contributed by atoms with E-state index in [9.17, 15) is 14.4 Å². The standard InChI is InChI=1S/C13H22N4O4S/c14-8(5-18)11(20)17-4-2-1-3-13(17)7-16(12(13)21)9(6-22)10(15)19/h8-9,18,22H,1-7,14H2,(H2,15,19)/t8-,9?,13?/m0/s1. The Morgan fingerprint density at radius 1 is 1.41 bits per heavy atom. The van der Waals surface area contributed by atoms with Gasteiger partial charge >= 0.3 is 0 Å². The van der Waals surface area contributed by atoms with Crippen LogP contribution in [0.1, 0.15) is 19.3 Å². The maximum absolute atomic E-state index is 12.7. The molecule has 2 aliphatic heterocycles. The first-order chi connectivity index (χ1) is 10.4. The molecule has 2 rings (SSSR count). The SMILES string of the molecule is NC(=O)C(CS)N1CC2(CCCCN2C(=O)[C@@H](N)CO)C1=O. The molecule has 3 amide bonds.